The molecule has 2 aromatic carbocycles. The minimum atomic E-state index is -0.790. The Labute approximate surface area is 152 Å². The Kier molecular flexibility index (Phi) is 4.37. The molecule has 1 saturated carbocycles. The number of rotatable bonds is 4. The van der Waals surface area contributed by atoms with Crippen LogP contribution >= 0.6 is 0 Å². The third kappa shape index (κ3) is 3.05. The average Bonchev–Trinajstić information content (AvgIpc) is 3.23. The first-order valence-electron chi connectivity index (χ1n) is 8.98. The molecular weight excluding hydrogens is 330 g/mol. The molecule has 0 aliphatic heterocycles. The van der Waals surface area contributed by atoms with E-state index in [1.54, 1.807) is 0 Å². The van der Waals surface area contributed by atoms with Crippen LogP contribution in [0.25, 0.3) is 11.1 Å². The smallest absolute Gasteiger partial charge is 0.407 e. The lowest BCUT2D eigenvalue weighted by Gasteiger charge is -2.16. The lowest BCUT2D eigenvalue weighted by molar-refractivity contribution is -0.141. The second-order valence-electron chi connectivity index (χ2n) is 7.02. The fourth-order valence-electron chi connectivity index (χ4n) is 4.14. The van der Waals surface area contributed by atoms with E-state index in [-0.39, 0.29) is 24.5 Å². The normalized spacial score (nSPS) is 21.1. The number of hydrogen-bond acceptors (Lipinski definition) is 3. The number of hydrogen-bond donors (Lipinski definition) is 2. The predicted octanol–water partition coefficient (Wildman–Crippen LogP) is 3.78. The van der Waals surface area contributed by atoms with Crippen molar-refractivity contribution in [2.75, 3.05) is 6.61 Å². The standard InChI is InChI=1S/C21H21NO4/c23-20(24)13-9-10-14(11-13)22-21(25)26-12-19-17-7-3-1-5-15(17)16-6-2-4-8-18(16)19/h1-8,13-14,19H,9-12H2,(H,22,25)(H,23,24)/t13-,14-/m0/s1. The quantitative estimate of drug-likeness (QED) is 0.879. The van der Waals surface area contributed by atoms with Crippen molar-refractivity contribution in [3.05, 3.63) is 59.7 Å². The van der Waals surface area contributed by atoms with Gasteiger partial charge in [0.15, 0.2) is 0 Å². The van der Waals surface area contributed by atoms with Gasteiger partial charge in [0, 0.05) is 12.0 Å². The van der Waals surface area contributed by atoms with Crippen LogP contribution in [-0.4, -0.2) is 29.8 Å². The second kappa shape index (κ2) is 6.83. The summed E-state index contributed by atoms with van der Waals surface area (Å²) in [6, 6.07) is 16.3. The van der Waals surface area contributed by atoms with E-state index in [1.165, 1.54) is 22.3 Å². The highest BCUT2D eigenvalue weighted by atomic mass is 16.5. The molecule has 0 bridgehead atoms. The van der Waals surface area contributed by atoms with Crippen molar-refractivity contribution < 1.29 is 19.4 Å². The molecule has 2 aliphatic rings. The van der Waals surface area contributed by atoms with Gasteiger partial charge in [-0.25, -0.2) is 4.79 Å². The van der Waals surface area contributed by atoms with Gasteiger partial charge in [0.05, 0.1) is 5.92 Å². The van der Waals surface area contributed by atoms with Crippen molar-refractivity contribution in [2.24, 2.45) is 5.92 Å². The molecule has 2 N–H and O–H groups in total. The Bertz CT molecular complexity index is 802. The predicted molar refractivity (Wildman–Crippen MR) is 97.0 cm³/mol. The number of ether oxygens (including phenoxy) is 1. The molecule has 4 rings (SSSR count). The number of carbonyl (C=O) groups is 2. The van der Waals surface area contributed by atoms with Crippen molar-refractivity contribution in [1.29, 1.82) is 0 Å². The molecule has 0 saturated heterocycles. The third-order valence-electron chi connectivity index (χ3n) is 5.45. The summed E-state index contributed by atoms with van der Waals surface area (Å²) < 4.78 is 5.50. The number of carbonyl (C=O) groups excluding carboxylic acids is 1. The van der Waals surface area contributed by atoms with Gasteiger partial charge >= 0.3 is 12.1 Å². The first-order chi connectivity index (χ1) is 12.6. The van der Waals surface area contributed by atoms with Crippen LogP contribution < -0.4 is 5.32 Å². The molecule has 1 amide bonds. The fourth-order valence-corrected chi connectivity index (χ4v) is 4.14. The molecule has 2 aromatic rings. The van der Waals surface area contributed by atoms with Crippen LogP contribution in [0.3, 0.4) is 0 Å². The van der Waals surface area contributed by atoms with E-state index in [0.29, 0.717) is 19.3 Å². The number of amides is 1. The molecule has 0 spiro atoms. The molecule has 0 unspecified atom stereocenters. The van der Waals surface area contributed by atoms with E-state index in [9.17, 15) is 9.59 Å². The molecule has 134 valence electrons. The van der Waals surface area contributed by atoms with Gasteiger partial charge in [-0.05, 0) is 41.5 Å². The molecular formula is C21H21NO4. The minimum Gasteiger partial charge on any atom is -0.481 e. The summed E-state index contributed by atoms with van der Waals surface area (Å²) in [4.78, 5) is 23.2. The largest absolute Gasteiger partial charge is 0.481 e. The topological polar surface area (TPSA) is 75.6 Å². The third-order valence-corrected chi connectivity index (χ3v) is 5.45. The molecule has 0 heterocycles. The van der Waals surface area contributed by atoms with Crippen LogP contribution in [0.5, 0.6) is 0 Å². The zero-order valence-corrected chi connectivity index (χ0v) is 14.4. The van der Waals surface area contributed by atoms with E-state index in [2.05, 4.69) is 29.6 Å². The van der Waals surface area contributed by atoms with Crippen molar-refractivity contribution in [2.45, 2.75) is 31.2 Å². The van der Waals surface area contributed by atoms with Crippen molar-refractivity contribution in [3.8, 4) is 11.1 Å². The van der Waals surface area contributed by atoms with Gasteiger partial charge in [-0.2, -0.15) is 0 Å². The van der Waals surface area contributed by atoms with E-state index < -0.39 is 12.1 Å². The maximum Gasteiger partial charge on any atom is 0.407 e. The van der Waals surface area contributed by atoms with Crippen LogP contribution in [0.4, 0.5) is 4.79 Å². The molecule has 0 aromatic heterocycles. The monoisotopic (exact) mass is 351 g/mol. The van der Waals surface area contributed by atoms with Gasteiger partial charge in [0.25, 0.3) is 0 Å². The summed E-state index contributed by atoms with van der Waals surface area (Å²) in [7, 11) is 0. The van der Waals surface area contributed by atoms with Crippen LogP contribution in [0.2, 0.25) is 0 Å². The molecule has 5 heteroatoms. The molecule has 1 fully saturated rings. The summed E-state index contributed by atoms with van der Waals surface area (Å²) in [5, 5.41) is 11.9. The minimum absolute atomic E-state index is 0.0310. The number of alkyl carbamates (subject to hydrolysis) is 1. The van der Waals surface area contributed by atoms with Gasteiger partial charge < -0.3 is 15.2 Å². The first-order valence-corrected chi connectivity index (χ1v) is 8.98. The molecule has 2 atom stereocenters. The van der Waals surface area contributed by atoms with Crippen LogP contribution in [-0.2, 0) is 9.53 Å². The molecule has 5 nitrogen and oxygen atoms in total. The van der Waals surface area contributed by atoms with Gasteiger partial charge in [0.1, 0.15) is 6.61 Å². The number of nitrogens with one attached hydrogen (secondary N) is 1. The van der Waals surface area contributed by atoms with Gasteiger partial charge in [0.2, 0.25) is 0 Å². The van der Waals surface area contributed by atoms with E-state index in [1.807, 2.05) is 24.3 Å². The summed E-state index contributed by atoms with van der Waals surface area (Å²) in [6.07, 6.45) is 1.28. The molecule has 0 radical (unpaired) electrons. The highest BCUT2D eigenvalue weighted by Gasteiger charge is 2.32. The Morgan fingerprint density at radius 2 is 1.62 bits per heavy atom. The van der Waals surface area contributed by atoms with Crippen LogP contribution in [0.15, 0.2) is 48.5 Å². The fraction of sp³-hybridized carbons (Fsp3) is 0.333. The molecule has 2 aliphatic carbocycles. The Balaban J connectivity index is 1.41. The van der Waals surface area contributed by atoms with E-state index in [0.717, 1.165) is 0 Å². The zero-order valence-electron chi connectivity index (χ0n) is 14.4. The highest BCUT2D eigenvalue weighted by molar-refractivity contribution is 5.79. The summed E-state index contributed by atoms with van der Waals surface area (Å²) in [6.45, 7) is 0.273. The maximum absolute atomic E-state index is 12.2. The van der Waals surface area contributed by atoms with Gasteiger partial charge in [-0.3, -0.25) is 4.79 Å². The van der Waals surface area contributed by atoms with Gasteiger partial charge in [-0.1, -0.05) is 48.5 Å². The summed E-state index contributed by atoms with van der Waals surface area (Å²) >= 11 is 0. The lowest BCUT2D eigenvalue weighted by Crippen LogP contribution is -2.34. The average molecular weight is 351 g/mol. The zero-order chi connectivity index (χ0) is 18.1. The lowest BCUT2D eigenvalue weighted by atomic mass is 9.98. The van der Waals surface area contributed by atoms with Crippen molar-refractivity contribution in [3.63, 3.8) is 0 Å². The maximum atomic E-state index is 12.2. The number of carboxylic acid groups (broad SMARTS) is 1. The van der Waals surface area contributed by atoms with E-state index in [4.69, 9.17) is 9.84 Å². The number of carboxylic acids is 1. The van der Waals surface area contributed by atoms with Crippen molar-refractivity contribution in [1.82, 2.24) is 5.32 Å². The van der Waals surface area contributed by atoms with Gasteiger partial charge in [-0.15, -0.1) is 0 Å². The van der Waals surface area contributed by atoms with Crippen molar-refractivity contribution >= 4 is 12.1 Å². The summed E-state index contributed by atoms with van der Waals surface area (Å²) in [5.74, 6) is -1.13. The first kappa shape index (κ1) is 16.6. The Hall–Kier alpha value is -2.82. The molecule has 26 heavy (non-hydrogen) atoms. The summed E-state index contributed by atoms with van der Waals surface area (Å²) in [5.41, 5.74) is 4.73. The van der Waals surface area contributed by atoms with E-state index >= 15 is 0 Å². The number of fused-ring (bicyclic) bond motifs is 3. The Morgan fingerprint density at radius 3 is 2.19 bits per heavy atom. The van der Waals surface area contributed by atoms with Crippen LogP contribution in [0, 0.1) is 5.92 Å². The number of aliphatic carboxylic acids is 1. The second-order valence-corrected chi connectivity index (χ2v) is 7.02. The van der Waals surface area contributed by atoms with Crippen LogP contribution in [0.1, 0.15) is 36.3 Å². The SMILES string of the molecule is O=C(N[C@H]1CC[C@H](C(=O)O)C1)OCC1c2ccccc2-c2ccccc21. The number of benzene rings is 2. The highest BCUT2D eigenvalue weighted by Crippen LogP contribution is 2.44. The Morgan fingerprint density at radius 1 is 1.00 bits per heavy atom.